The van der Waals surface area contributed by atoms with Gasteiger partial charge in [-0.2, -0.15) is 0 Å². The Bertz CT molecular complexity index is 566. The van der Waals surface area contributed by atoms with E-state index in [1.165, 1.54) is 0 Å². The van der Waals surface area contributed by atoms with Gasteiger partial charge < -0.3 is 5.11 Å². The fourth-order valence-electron chi connectivity index (χ4n) is 1.69. The number of carboxylic acid groups (broad SMARTS) is 1. The van der Waals surface area contributed by atoms with E-state index < -0.39 is 5.97 Å². The third-order valence-corrected chi connectivity index (χ3v) is 2.60. The molecule has 0 aliphatic rings. The van der Waals surface area contributed by atoms with Crippen LogP contribution in [0.3, 0.4) is 0 Å². The fourth-order valence-corrected chi connectivity index (χ4v) is 1.86. The number of fused-ring (bicyclic) bond motifs is 1. The van der Waals surface area contributed by atoms with Gasteiger partial charge in [-0.05, 0) is 30.7 Å². The molecule has 0 amide bonds. The lowest BCUT2D eigenvalue weighted by Gasteiger charge is -2.05. The maximum Gasteiger partial charge on any atom is 0.309 e. The van der Waals surface area contributed by atoms with Crippen LogP contribution in [0.15, 0.2) is 24.3 Å². The number of carbonyl (C=O) groups is 1. The van der Waals surface area contributed by atoms with Crippen molar-refractivity contribution in [1.29, 1.82) is 0 Å². The number of aliphatic carboxylic acids is 1. The van der Waals surface area contributed by atoms with E-state index in [4.69, 9.17) is 16.7 Å². The summed E-state index contributed by atoms with van der Waals surface area (Å²) in [7, 11) is 0. The second kappa shape index (κ2) is 4.10. The average molecular weight is 236 g/mol. The second-order valence-electron chi connectivity index (χ2n) is 3.66. The summed E-state index contributed by atoms with van der Waals surface area (Å²) in [5, 5.41) is 10.3. The molecular weight excluding hydrogens is 226 g/mol. The van der Waals surface area contributed by atoms with Crippen molar-refractivity contribution in [3.63, 3.8) is 0 Å². The van der Waals surface area contributed by atoms with E-state index in [0.717, 1.165) is 16.5 Å². The molecule has 1 N–H and O–H groups in total. The highest BCUT2D eigenvalue weighted by Gasteiger charge is 2.06. The molecule has 0 spiro atoms. The lowest BCUT2D eigenvalue weighted by atomic mass is 10.1. The van der Waals surface area contributed by atoms with E-state index >= 15 is 0 Å². The number of nitrogens with zero attached hydrogens (tertiary/aromatic N) is 1. The molecule has 1 heterocycles. The van der Waals surface area contributed by atoms with E-state index in [-0.39, 0.29) is 6.42 Å². The van der Waals surface area contributed by atoms with Gasteiger partial charge in [0.25, 0.3) is 0 Å². The quantitative estimate of drug-likeness (QED) is 0.871. The fraction of sp³-hybridized carbons (Fsp3) is 0.167. The Kier molecular flexibility index (Phi) is 2.79. The molecule has 82 valence electrons. The van der Waals surface area contributed by atoms with Gasteiger partial charge in [0.1, 0.15) is 0 Å². The molecule has 0 radical (unpaired) electrons. The molecule has 0 unspecified atom stereocenters. The van der Waals surface area contributed by atoms with Gasteiger partial charge in [-0.3, -0.25) is 9.78 Å². The molecule has 0 saturated carbocycles. The van der Waals surface area contributed by atoms with Crippen LogP contribution in [0.5, 0.6) is 0 Å². The summed E-state index contributed by atoms with van der Waals surface area (Å²) in [6.07, 6.45) is -0.0662. The molecule has 0 aliphatic carbocycles. The van der Waals surface area contributed by atoms with Crippen molar-refractivity contribution in [3.05, 3.63) is 40.5 Å². The average Bonchev–Trinajstić information content (AvgIpc) is 2.15. The van der Waals surface area contributed by atoms with Crippen LogP contribution in [-0.4, -0.2) is 16.1 Å². The highest BCUT2D eigenvalue weighted by Crippen LogP contribution is 2.21. The third-order valence-electron chi connectivity index (χ3n) is 2.36. The van der Waals surface area contributed by atoms with Gasteiger partial charge in [0.2, 0.25) is 0 Å². The number of hydrogen-bond acceptors (Lipinski definition) is 2. The Morgan fingerprint density at radius 2 is 2.19 bits per heavy atom. The van der Waals surface area contributed by atoms with Crippen molar-refractivity contribution in [2.24, 2.45) is 0 Å². The number of rotatable bonds is 2. The van der Waals surface area contributed by atoms with Crippen LogP contribution in [0.25, 0.3) is 10.9 Å². The monoisotopic (exact) mass is 235 g/mol. The molecule has 1 aromatic carbocycles. The van der Waals surface area contributed by atoms with Crippen LogP contribution in [0, 0.1) is 6.92 Å². The Hall–Kier alpha value is -1.61. The molecule has 0 aliphatic heterocycles. The minimum absolute atomic E-state index is 0.0662. The zero-order valence-electron chi connectivity index (χ0n) is 8.70. The summed E-state index contributed by atoms with van der Waals surface area (Å²) >= 11 is 5.87. The Morgan fingerprint density at radius 3 is 2.88 bits per heavy atom. The SMILES string of the molecule is Cc1cc(CC(=O)O)nc2cc(Cl)ccc12. The minimum Gasteiger partial charge on any atom is -0.481 e. The highest BCUT2D eigenvalue weighted by molar-refractivity contribution is 6.31. The predicted octanol–water partition coefficient (Wildman–Crippen LogP) is 2.82. The molecule has 2 aromatic rings. The zero-order valence-corrected chi connectivity index (χ0v) is 9.45. The number of carboxylic acids is 1. The molecule has 0 fully saturated rings. The van der Waals surface area contributed by atoms with Crippen LogP contribution in [-0.2, 0) is 11.2 Å². The van der Waals surface area contributed by atoms with Crippen molar-refractivity contribution in [2.75, 3.05) is 0 Å². The Balaban J connectivity index is 2.60. The van der Waals surface area contributed by atoms with Crippen LogP contribution >= 0.6 is 11.6 Å². The van der Waals surface area contributed by atoms with Crippen LogP contribution in [0.1, 0.15) is 11.3 Å². The second-order valence-corrected chi connectivity index (χ2v) is 4.10. The van der Waals surface area contributed by atoms with Gasteiger partial charge in [-0.1, -0.05) is 17.7 Å². The van der Waals surface area contributed by atoms with Gasteiger partial charge in [-0.25, -0.2) is 0 Å². The number of aryl methyl sites for hydroxylation is 1. The third kappa shape index (κ3) is 2.14. The number of halogens is 1. The molecule has 3 nitrogen and oxygen atoms in total. The summed E-state index contributed by atoms with van der Waals surface area (Å²) in [5.41, 5.74) is 2.31. The molecule has 1 aromatic heterocycles. The van der Waals surface area contributed by atoms with E-state index in [9.17, 15) is 4.79 Å². The lowest BCUT2D eigenvalue weighted by molar-refractivity contribution is -0.136. The van der Waals surface area contributed by atoms with Crippen molar-refractivity contribution >= 4 is 28.5 Å². The van der Waals surface area contributed by atoms with Crippen molar-refractivity contribution in [1.82, 2.24) is 4.98 Å². The van der Waals surface area contributed by atoms with E-state index in [1.54, 1.807) is 18.2 Å². The molecule has 0 bridgehead atoms. The van der Waals surface area contributed by atoms with Gasteiger partial charge in [0.05, 0.1) is 17.6 Å². The summed E-state index contributed by atoms with van der Waals surface area (Å²) in [4.78, 5) is 14.9. The first-order chi connectivity index (χ1) is 7.56. The van der Waals surface area contributed by atoms with E-state index in [2.05, 4.69) is 4.98 Å². The highest BCUT2D eigenvalue weighted by atomic mass is 35.5. The predicted molar refractivity (Wildman–Crippen MR) is 62.8 cm³/mol. The molecule has 4 heteroatoms. The molecule has 0 saturated heterocycles. The van der Waals surface area contributed by atoms with Gasteiger partial charge in [0.15, 0.2) is 0 Å². The van der Waals surface area contributed by atoms with Gasteiger partial charge >= 0.3 is 5.97 Å². The first-order valence-electron chi connectivity index (χ1n) is 4.84. The van der Waals surface area contributed by atoms with E-state index in [0.29, 0.717) is 10.7 Å². The Morgan fingerprint density at radius 1 is 1.44 bits per heavy atom. The van der Waals surface area contributed by atoms with Crippen LogP contribution < -0.4 is 0 Å². The number of benzene rings is 1. The summed E-state index contributed by atoms with van der Waals surface area (Å²) in [6, 6.07) is 7.24. The van der Waals surface area contributed by atoms with Gasteiger partial charge in [-0.15, -0.1) is 0 Å². The lowest BCUT2D eigenvalue weighted by Crippen LogP contribution is -2.03. The molecule has 16 heavy (non-hydrogen) atoms. The smallest absolute Gasteiger partial charge is 0.309 e. The van der Waals surface area contributed by atoms with Gasteiger partial charge in [0, 0.05) is 10.4 Å². The number of aromatic nitrogens is 1. The molecule has 2 rings (SSSR count). The van der Waals surface area contributed by atoms with Crippen molar-refractivity contribution in [2.45, 2.75) is 13.3 Å². The summed E-state index contributed by atoms with van der Waals surface area (Å²) in [5.74, 6) is -0.881. The molecule has 0 atom stereocenters. The standard InChI is InChI=1S/C12H10ClNO2/c1-7-4-9(6-12(15)16)14-11-5-8(13)2-3-10(7)11/h2-5H,6H2,1H3,(H,15,16). The normalized spacial score (nSPS) is 10.6. The summed E-state index contributed by atoms with van der Waals surface area (Å²) in [6.45, 7) is 1.93. The minimum atomic E-state index is -0.881. The maximum absolute atomic E-state index is 10.6. The van der Waals surface area contributed by atoms with Crippen LogP contribution in [0.4, 0.5) is 0 Å². The van der Waals surface area contributed by atoms with Crippen molar-refractivity contribution in [3.8, 4) is 0 Å². The Labute approximate surface area is 97.7 Å². The first-order valence-corrected chi connectivity index (χ1v) is 5.21. The number of hydrogen-bond donors (Lipinski definition) is 1. The zero-order chi connectivity index (χ0) is 11.7. The summed E-state index contributed by atoms with van der Waals surface area (Å²) < 4.78 is 0. The molecular formula is C12H10ClNO2. The maximum atomic E-state index is 10.6. The van der Waals surface area contributed by atoms with Crippen LogP contribution in [0.2, 0.25) is 5.02 Å². The number of pyridine rings is 1. The van der Waals surface area contributed by atoms with E-state index in [1.807, 2.05) is 13.0 Å². The first kappa shape index (κ1) is 10.9. The topological polar surface area (TPSA) is 50.2 Å². The largest absolute Gasteiger partial charge is 0.481 e. The van der Waals surface area contributed by atoms with Crippen molar-refractivity contribution < 1.29 is 9.90 Å².